The van der Waals surface area contributed by atoms with Crippen molar-refractivity contribution in [2.45, 2.75) is 13.0 Å². The number of rotatable bonds is 9. The third-order valence-electron chi connectivity index (χ3n) is 5.03. The van der Waals surface area contributed by atoms with E-state index in [2.05, 4.69) is 10.3 Å². The maximum absolute atomic E-state index is 12.9. The minimum Gasteiger partial charge on any atom is -0.490 e. The first kappa shape index (κ1) is 21.2. The van der Waals surface area contributed by atoms with Crippen LogP contribution in [0.2, 0.25) is 0 Å². The molecule has 32 heavy (non-hydrogen) atoms. The van der Waals surface area contributed by atoms with E-state index in [0.717, 1.165) is 17.0 Å². The fourth-order valence-corrected chi connectivity index (χ4v) is 3.31. The van der Waals surface area contributed by atoms with Gasteiger partial charge < -0.3 is 19.4 Å². The Morgan fingerprint density at radius 1 is 0.938 bits per heavy atom. The van der Waals surface area contributed by atoms with Crippen molar-refractivity contribution in [1.82, 2.24) is 14.9 Å². The van der Waals surface area contributed by atoms with E-state index < -0.39 is 0 Å². The highest BCUT2D eigenvalue weighted by atomic mass is 16.5. The fourth-order valence-electron chi connectivity index (χ4n) is 3.31. The predicted octanol–water partition coefficient (Wildman–Crippen LogP) is 4.82. The third-order valence-corrected chi connectivity index (χ3v) is 5.03. The molecule has 3 aromatic carbocycles. The number of imidazole rings is 1. The first-order chi connectivity index (χ1) is 15.7. The average molecular weight is 428 g/mol. The van der Waals surface area contributed by atoms with Gasteiger partial charge in [-0.3, -0.25) is 4.79 Å². The van der Waals surface area contributed by atoms with Crippen LogP contribution in [-0.4, -0.2) is 28.7 Å². The summed E-state index contributed by atoms with van der Waals surface area (Å²) in [7, 11) is 0. The van der Waals surface area contributed by atoms with E-state index in [1.165, 1.54) is 0 Å². The number of carbonyl (C=O) groups excluding carboxylic acids is 1. The molecule has 0 saturated heterocycles. The maximum atomic E-state index is 12.9. The highest BCUT2D eigenvalue weighted by Gasteiger charge is 2.15. The van der Waals surface area contributed by atoms with Gasteiger partial charge in [0.15, 0.2) is 0 Å². The number of hydrogen-bond donors (Lipinski definition) is 1. The largest absolute Gasteiger partial charge is 0.490 e. The van der Waals surface area contributed by atoms with Crippen LogP contribution < -0.4 is 14.8 Å². The number of hydrogen-bond acceptors (Lipinski definition) is 4. The van der Waals surface area contributed by atoms with Crippen molar-refractivity contribution in [2.75, 3.05) is 13.2 Å². The van der Waals surface area contributed by atoms with Crippen molar-refractivity contribution >= 4 is 5.91 Å². The number of carbonyl (C=O) groups is 1. The Hall–Kier alpha value is -4.06. The summed E-state index contributed by atoms with van der Waals surface area (Å²) in [5.41, 5.74) is 2.52. The lowest BCUT2D eigenvalue weighted by atomic mass is 10.1. The van der Waals surface area contributed by atoms with E-state index in [1.807, 2.05) is 84.4 Å². The molecule has 0 spiro atoms. The predicted molar refractivity (Wildman–Crippen MR) is 123 cm³/mol. The summed E-state index contributed by atoms with van der Waals surface area (Å²) in [6.07, 6.45) is 5.38. The van der Waals surface area contributed by atoms with Crippen LogP contribution in [0, 0.1) is 0 Å². The molecule has 0 bridgehead atoms. The second-order valence-corrected chi connectivity index (χ2v) is 7.26. The summed E-state index contributed by atoms with van der Waals surface area (Å²) >= 11 is 0. The van der Waals surface area contributed by atoms with Gasteiger partial charge in [-0.15, -0.1) is 0 Å². The molecule has 1 heterocycles. The van der Waals surface area contributed by atoms with Gasteiger partial charge in [0.25, 0.3) is 5.91 Å². The number of aromatic nitrogens is 2. The molecule has 4 rings (SSSR count). The standard InChI is InChI=1S/C26H25N3O3/c1-20(21-11-13-22(14-12-21)29-16-15-27-19-29)28-26(30)24-9-5-6-10-25(24)32-18-17-31-23-7-3-2-4-8-23/h2-16,19-20H,17-18H2,1H3,(H,28,30). The molecule has 1 aromatic heterocycles. The van der Waals surface area contributed by atoms with Crippen molar-refractivity contribution in [3.8, 4) is 17.2 Å². The quantitative estimate of drug-likeness (QED) is 0.389. The van der Waals surface area contributed by atoms with Crippen LogP contribution in [0.1, 0.15) is 28.9 Å². The summed E-state index contributed by atoms with van der Waals surface area (Å²) in [5, 5.41) is 3.05. The highest BCUT2D eigenvalue weighted by Crippen LogP contribution is 2.21. The number of nitrogens with zero attached hydrogens (tertiary/aromatic N) is 2. The van der Waals surface area contributed by atoms with Gasteiger partial charge in [0.1, 0.15) is 24.7 Å². The zero-order valence-electron chi connectivity index (χ0n) is 17.8. The van der Waals surface area contributed by atoms with E-state index in [0.29, 0.717) is 24.5 Å². The van der Waals surface area contributed by atoms with Crippen LogP contribution in [0.4, 0.5) is 0 Å². The second-order valence-electron chi connectivity index (χ2n) is 7.26. The van der Waals surface area contributed by atoms with Crippen molar-refractivity contribution in [3.63, 3.8) is 0 Å². The van der Waals surface area contributed by atoms with Crippen LogP contribution in [0.3, 0.4) is 0 Å². The summed E-state index contributed by atoms with van der Waals surface area (Å²) in [4.78, 5) is 17.0. The van der Waals surface area contributed by atoms with Crippen LogP contribution in [-0.2, 0) is 0 Å². The van der Waals surface area contributed by atoms with Gasteiger partial charge in [-0.1, -0.05) is 42.5 Å². The van der Waals surface area contributed by atoms with Gasteiger partial charge in [-0.2, -0.15) is 0 Å². The topological polar surface area (TPSA) is 65.4 Å². The molecule has 1 atom stereocenters. The third kappa shape index (κ3) is 5.35. The molecular weight excluding hydrogens is 402 g/mol. The zero-order chi connectivity index (χ0) is 22.2. The van der Waals surface area contributed by atoms with E-state index in [4.69, 9.17) is 9.47 Å². The Kier molecular flexibility index (Phi) is 6.82. The first-order valence-electron chi connectivity index (χ1n) is 10.5. The average Bonchev–Trinajstić information content (AvgIpc) is 3.38. The van der Waals surface area contributed by atoms with Crippen molar-refractivity contribution < 1.29 is 14.3 Å². The van der Waals surface area contributed by atoms with Crippen LogP contribution >= 0.6 is 0 Å². The minimum absolute atomic E-state index is 0.159. The van der Waals surface area contributed by atoms with Crippen LogP contribution in [0.5, 0.6) is 11.5 Å². The molecular formula is C26H25N3O3. The lowest BCUT2D eigenvalue weighted by molar-refractivity contribution is 0.0934. The molecule has 6 nitrogen and oxygen atoms in total. The molecule has 1 N–H and O–H groups in total. The molecule has 0 aliphatic carbocycles. The van der Waals surface area contributed by atoms with Crippen molar-refractivity contribution in [1.29, 1.82) is 0 Å². The summed E-state index contributed by atoms with van der Waals surface area (Å²) in [6, 6.07) is 24.6. The molecule has 6 heteroatoms. The molecule has 0 aliphatic rings. The fraction of sp³-hybridized carbons (Fsp3) is 0.154. The number of amides is 1. The molecule has 0 saturated carbocycles. The Morgan fingerprint density at radius 3 is 2.41 bits per heavy atom. The van der Waals surface area contributed by atoms with E-state index >= 15 is 0 Å². The molecule has 0 aliphatic heterocycles. The minimum atomic E-state index is -0.184. The Morgan fingerprint density at radius 2 is 1.66 bits per heavy atom. The first-order valence-corrected chi connectivity index (χ1v) is 10.5. The van der Waals surface area contributed by atoms with Crippen LogP contribution in [0.25, 0.3) is 5.69 Å². The Labute approximate surface area is 187 Å². The Bertz CT molecular complexity index is 1130. The monoisotopic (exact) mass is 427 g/mol. The molecule has 0 radical (unpaired) electrons. The molecule has 162 valence electrons. The smallest absolute Gasteiger partial charge is 0.255 e. The molecule has 1 amide bonds. The summed E-state index contributed by atoms with van der Waals surface area (Å²) in [6.45, 7) is 2.69. The molecule has 4 aromatic rings. The van der Waals surface area contributed by atoms with E-state index in [1.54, 1.807) is 24.7 Å². The van der Waals surface area contributed by atoms with Gasteiger partial charge in [-0.25, -0.2) is 4.98 Å². The van der Waals surface area contributed by atoms with Crippen LogP contribution in [0.15, 0.2) is 97.6 Å². The SMILES string of the molecule is CC(NC(=O)c1ccccc1OCCOc1ccccc1)c1ccc(-n2ccnc2)cc1. The van der Waals surface area contributed by atoms with E-state index in [9.17, 15) is 4.79 Å². The molecule has 0 fully saturated rings. The zero-order valence-corrected chi connectivity index (χ0v) is 17.8. The van der Waals surface area contributed by atoms with Crippen molar-refractivity contribution in [3.05, 3.63) is 109 Å². The second kappa shape index (κ2) is 10.3. The van der Waals surface area contributed by atoms with Crippen molar-refractivity contribution in [2.24, 2.45) is 0 Å². The highest BCUT2D eigenvalue weighted by molar-refractivity contribution is 5.97. The van der Waals surface area contributed by atoms with Gasteiger partial charge in [0, 0.05) is 18.1 Å². The summed E-state index contributed by atoms with van der Waals surface area (Å²) < 4.78 is 13.4. The number of para-hydroxylation sites is 2. The van der Waals surface area contributed by atoms with Gasteiger partial charge in [0.2, 0.25) is 0 Å². The number of ether oxygens (including phenoxy) is 2. The Balaban J connectivity index is 1.34. The van der Waals surface area contributed by atoms with E-state index in [-0.39, 0.29) is 11.9 Å². The lowest BCUT2D eigenvalue weighted by Crippen LogP contribution is -2.27. The number of nitrogens with one attached hydrogen (secondary N) is 1. The number of benzene rings is 3. The van der Waals surface area contributed by atoms with Gasteiger partial charge in [-0.05, 0) is 48.9 Å². The molecule has 1 unspecified atom stereocenters. The normalized spacial score (nSPS) is 11.5. The maximum Gasteiger partial charge on any atom is 0.255 e. The summed E-state index contributed by atoms with van der Waals surface area (Å²) in [5.74, 6) is 1.13. The van der Waals surface area contributed by atoms with Gasteiger partial charge in [0.05, 0.1) is 17.9 Å². The van der Waals surface area contributed by atoms with Gasteiger partial charge >= 0.3 is 0 Å². The lowest BCUT2D eigenvalue weighted by Gasteiger charge is -2.17.